The van der Waals surface area contributed by atoms with Crippen molar-refractivity contribution in [2.45, 2.75) is 10.0 Å². The van der Waals surface area contributed by atoms with Crippen LogP contribution in [0.2, 0.25) is 0 Å². The van der Waals surface area contributed by atoms with E-state index in [-0.39, 0.29) is 0 Å². The van der Waals surface area contributed by atoms with E-state index in [1.54, 1.807) is 0 Å². The van der Waals surface area contributed by atoms with E-state index in [2.05, 4.69) is 5.32 Å². The van der Waals surface area contributed by atoms with Gasteiger partial charge in [0.15, 0.2) is 6.23 Å². The summed E-state index contributed by atoms with van der Waals surface area (Å²) < 4.78 is 3.67. The summed E-state index contributed by atoms with van der Waals surface area (Å²) in [6, 6.07) is 0. The molecule has 1 N–H and O–H groups in total. The van der Waals surface area contributed by atoms with Crippen molar-refractivity contribution in [3.05, 3.63) is 0 Å². The highest BCUT2D eigenvalue weighted by molar-refractivity contribution is 6.68. The topological polar surface area (TPSA) is 21.3 Å². The smallest absolute Gasteiger partial charge is 0.229 e. The van der Waals surface area contributed by atoms with Crippen LogP contribution in [0.3, 0.4) is 0 Å². The molecule has 0 radical (unpaired) electrons. The van der Waals surface area contributed by atoms with Crippen molar-refractivity contribution in [1.29, 1.82) is 0 Å². The van der Waals surface area contributed by atoms with Crippen LogP contribution in [0.1, 0.15) is 0 Å². The van der Waals surface area contributed by atoms with Crippen LogP contribution in [-0.4, -0.2) is 23.2 Å². The van der Waals surface area contributed by atoms with Crippen molar-refractivity contribution in [2.75, 3.05) is 13.2 Å². The lowest BCUT2D eigenvalue weighted by Crippen LogP contribution is -2.35. The zero-order valence-corrected chi connectivity index (χ0v) is 6.80. The van der Waals surface area contributed by atoms with Gasteiger partial charge in [0.25, 0.3) is 0 Å². The zero-order chi connectivity index (χ0) is 6.91. The molecule has 1 heterocycles. The second-order valence-electron chi connectivity index (χ2n) is 1.75. The molecule has 0 amide bonds. The Balaban J connectivity index is 2.42. The van der Waals surface area contributed by atoms with Crippen LogP contribution in [0.25, 0.3) is 0 Å². The fourth-order valence-electron chi connectivity index (χ4n) is 0.636. The Bertz CT molecular complexity index is 96.5. The van der Waals surface area contributed by atoms with Crippen LogP contribution >= 0.6 is 34.8 Å². The molecule has 0 unspecified atom stereocenters. The SMILES string of the molecule is ClC(Cl)(Cl)[C@H]1NCCO1. The van der Waals surface area contributed by atoms with Gasteiger partial charge in [-0.05, 0) is 0 Å². The zero-order valence-electron chi connectivity index (χ0n) is 4.53. The Morgan fingerprint density at radius 3 is 2.33 bits per heavy atom. The van der Waals surface area contributed by atoms with Crippen LogP contribution in [0.15, 0.2) is 0 Å². The molecular weight excluding hydrogens is 184 g/mol. The lowest BCUT2D eigenvalue weighted by Gasteiger charge is -2.17. The summed E-state index contributed by atoms with van der Waals surface area (Å²) in [4.78, 5) is 0. The lowest BCUT2D eigenvalue weighted by atomic mass is 10.6. The van der Waals surface area contributed by atoms with E-state index in [0.717, 1.165) is 6.54 Å². The predicted molar refractivity (Wildman–Crippen MR) is 38.0 cm³/mol. The summed E-state index contributed by atoms with van der Waals surface area (Å²) in [5, 5.41) is 2.88. The first-order valence-corrected chi connectivity index (χ1v) is 3.66. The molecule has 54 valence electrons. The van der Waals surface area contributed by atoms with Gasteiger partial charge in [-0.1, -0.05) is 34.8 Å². The van der Waals surface area contributed by atoms with Gasteiger partial charge in [-0.25, -0.2) is 0 Å². The van der Waals surface area contributed by atoms with E-state index < -0.39 is 10.0 Å². The van der Waals surface area contributed by atoms with Gasteiger partial charge in [-0.2, -0.15) is 0 Å². The fraction of sp³-hybridized carbons (Fsp3) is 1.00. The average Bonchev–Trinajstić information content (AvgIpc) is 2.08. The van der Waals surface area contributed by atoms with Gasteiger partial charge in [0.05, 0.1) is 6.61 Å². The first-order chi connectivity index (χ1) is 4.11. The molecule has 0 aromatic rings. The first kappa shape index (κ1) is 7.89. The van der Waals surface area contributed by atoms with E-state index in [1.807, 2.05) is 0 Å². The Morgan fingerprint density at radius 2 is 2.11 bits per heavy atom. The van der Waals surface area contributed by atoms with Crippen molar-refractivity contribution in [2.24, 2.45) is 0 Å². The quantitative estimate of drug-likeness (QED) is 0.582. The number of hydrogen-bond donors (Lipinski definition) is 1. The van der Waals surface area contributed by atoms with Gasteiger partial charge in [-0.3, -0.25) is 5.32 Å². The van der Waals surface area contributed by atoms with E-state index in [4.69, 9.17) is 39.5 Å². The minimum atomic E-state index is -1.34. The molecule has 1 aliphatic heterocycles. The number of alkyl halides is 3. The van der Waals surface area contributed by atoms with Crippen molar-refractivity contribution < 1.29 is 4.74 Å². The van der Waals surface area contributed by atoms with E-state index in [9.17, 15) is 0 Å². The largest absolute Gasteiger partial charge is 0.357 e. The predicted octanol–water partition coefficient (Wildman–Crippen LogP) is 1.30. The summed E-state index contributed by atoms with van der Waals surface area (Å²) in [7, 11) is 0. The highest BCUT2D eigenvalue weighted by atomic mass is 35.6. The van der Waals surface area contributed by atoms with E-state index in [0.29, 0.717) is 6.61 Å². The molecule has 2 nitrogen and oxygen atoms in total. The summed E-state index contributed by atoms with van der Waals surface area (Å²) in [6.07, 6.45) is -0.442. The molecule has 0 saturated carbocycles. The average molecular weight is 190 g/mol. The molecule has 1 saturated heterocycles. The molecule has 1 atom stereocenters. The second-order valence-corrected chi connectivity index (χ2v) is 4.12. The van der Waals surface area contributed by atoms with Crippen molar-refractivity contribution in [3.8, 4) is 0 Å². The molecule has 0 aromatic carbocycles. The van der Waals surface area contributed by atoms with Crippen LogP contribution in [-0.2, 0) is 4.74 Å². The maximum atomic E-state index is 5.48. The molecule has 1 aliphatic rings. The van der Waals surface area contributed by atoms with Crippen LogP contribution in [0.5, 0.6) is 0 Å². The molecular formula is C4H6Cl3NO. The standard InChI is InChI=1S/C4H6Cl3NO/c5-4(6,7)3-8-1-2-9-3/h3,8H,1-2H2/t3-/m0/s1. The Labute approximate surface area is 68.4 Å². The molecule has 5 heteroatoms. The third kappa shape index (κ3) is 2.13. The van der Waals surface area contributed by atoms with Gasteiger partial charge in [0, 0.05) is 6.54 Å². The minimum absolute atomic E-state index is 0.442. The molecule has 1 rings (SSSR count). The van der Waals surface area contributed by atoms with E-state index >= 15 is 0 Å². The summed E-state index contributed by atoms with van der Waals surface area (Å²) in [5.41, 5.74) is 0. The van der Waals surface area contributed by atoms with E-state index in [1.165, 1.54) is 0 Å². The van der Waals surface area contributed by atoms with Gasteiger partial charge in [0.2, 0.25) is 3.79 Å². The van der Waals surface area contributed by atoms with Crippen LogP contribution in [0.4, 0.5) is 0 Å². The van der Waals surface area contributed by atoms with Gasteiger partial charge in [0.1, 0.15) is 0 Å². The summed E-state index contributed by atoms with van der Waals surface area (Å²) in [6.45, 7) is 1.36. The summed E-state index contributed by atoms with van der Waals surface area (Å²) in [5.74, 6) is 0. The third-order valence-corrected chi connectivity index (χ3v) is 1.61. The number of hydrogen-bond acceptors (Lipinski definition) is 2. The van der Waals surface area contributed by atoms with Crippen LogP contribution < -0.4 is 5.32 Å². The summed E-state index contributed by atoms with van der Waals surface area (Å²) >= 11 is 16.4. The molecule has 0 spiro atoms. The molecule has 1 fully saturated rings. The molecule has 0 aliphatic carbocycles. The molecule has 9 heavy (non-hydrogen) atoms. The highest BCUT2D eigenvalue weighted by Gasteiger charge is 2.35. The Morgan fingerprint density at radius 1 is 1.44 bits per heavy atom. The monoisotopic (exact) mass is 189 g/mol. The first-order valence-electron chi connectivity index (χ1n) is 2.52. The van der Waals surface area contributed by atoms with Crippen molar-refractivity contribution in [3.63, 3.8) is 0 Å². The van der Waals surface area contributed by atoms with Crippen molar-refractivity contribution >= 4 is 34.8 Å². The normalized spacial score (nSPS) is 29.0. The third-order valence-electron chi connectivity index (χ3n) is 1.01. The second kappa shape index (κ2) is 2.81. The minimum Gasteiger partial charge on any atom is -0.357 e. The maximum absolute atomic E-state index is 5.48. The molecule has 0 aromatic heterocycles. The number of rotatable bonds is 0. The lowest BCUT2D eigenvalue weighted by molar-refractivity contribution is 0.104. The van der Waals surface area contributed by atoms with Gasteiger partial charge < -0.3 is 4.74 Å². The highest BCUT2D eigenvalue weighted by Crippen LogP contribution is 2.31. The van der Waals surface area contributed by atoms with Gasteiger partial charge in [-0.15, -0.1) is 0 Å². The van der Waals surface area contributed by atoms with Crippen molar-refractivity contribution in [1.82, 2.24) is 5.32 Å². The Kier molecular flexibility index (Phi) is 2.46. The van der Waals surface area contributed by atoms with Crippen LogP contribution in [0, 0.1) is 0 Å². The van der Waals surface area contributed by atoms with Gasteiger partial charge >= 0.3 is 0 Å². The Hall–Kier alpha value is 0.790. The fourth-order valence-corrected chi connectivity index (χ4v) is 1.06. The number of nitrogens with one attached hydrogen (secondary N) is 1. The number of ether oxygens (including phenoxy) is 1. The molecule has 0 bridgehead atoms. The maximum Gasteiger partial charge on any atom is 0.229 e. The number of halogens is 3.